The van der Waals surface area contributed by atoms with Crippen molar-refractivity contribution in [1.82, 2.24) is 10.2 Å². The number of hydrogen-bond acceptors (Lipinski definition) is 3. The quantitative estimate of drug-likeness (QED) is 0.726. The second-order valence-corrected chi connectivity index (χ2v) is 8.01. The molecule has 1 aliphatic rings. The van der Waals surface area contributed by atoms with Crippen LogP contribution in [-0.2, 0) is 0 Å². The van der Waals surface area contributed by atoms with Gasteiger partial charge in [-0.25, -0.2) is 13.6 Å². The lowest BCUT2D eigenvalue weighted by molar-refractivity contribution is 0.0949. The Hall–Kier alpha value is -3.16. The van der Waals surface area contributed by atoms with Crippen molar-refractivity contribution in [3.63, 3.8) is 0 Å². The van der Waals surface area contributed by atoms with Gasteiger partial charge in [0.2, 0.25) is 0 Å². The van der Waals surface area contributed by atoms with Gasteiger partial charge in [0.1, 0.15) is 11.6 Å². The molecule has 3 rings (SSSR count). The Bertz CT molecular complexity index is 907. The summed E-state index contributed by atoms with van der Waals surface area (Å²) in [5.41, 5.74) is 1.71. The summed E-state index contributed by atoms with van der Waals surface area (Å²) in [7, 11) is 3.86. The minimum absolute atomic E-state index is 0.0946. The topological polar surface area (TPSA) is 64.7 Å². The first-order chi connectivity index (χ1) is 14.8. The van der Waals surface area contributed by atoms with Gasteiger partial charge < -0.3 is 20.4 Å². The molecule has 1 fully saturated rings. The predicted octanol–water partition coefficient (Wildman–Crippen LogP) is 4.09. The van der Waals surface area contributed by atoms with Crippen molar-refractivity contribution < 1.29 is 18.4 Å². The predicted molar refractivity (Wildman–Crippen MR) is 117 cm³/mol. The maximum atomic E-state index is 13.3. The first kappa shape index (κ1) is 22.5. The summed E-state index contributed by atoms with van der Waals surface area (Å²) in [4.78, 5) is 28.3. The van der Waals surface area contributed by atoms with Crippen LogP contribution in [0, 0.1) is 17.6 Å². The van der Waals surface area contributed by atoms with Gasteiger partial charge in [0.25, 0.3) is 5.91 Å². The highest BCUT2D eigenvalue weighted by atomic mass is 19.1. The van der Waals surface area contributed by atoms with Crippen LogP contribution in [0.25, 0.3) is 0 Å². The molecule has 0 spiro atoms. The highest BCUT2D eigenvalue weighted by Crippen LogP contribution is 2.21. The summed E-state index contributed by atoms with van der Waals surface area (Å²) in [5, 5.41) is 5.51. The SMILES string of the molecule is CN(C)c1cccc(C(=O)NCCC2CCN(C(=O)Nc3cc(F)cc(F)c3)CC2)c1. The zero-order valence-corrected chi connectivity index (χ0v) is 17.8. The number of nitrogens with zero attached hydrogens (tertiary/aromatic N) is 2. The molecule has 1 heterocycles. The Morgan fingerprint density at radius 2 is 1.74 bits per heavy atom. The first-order valence-corrected chi connectivity index (χ1v) is 10.4. The van der Waals surface area contributed by atoms with Gasteiger partial charge in [-0.2, -0.15) is 0 Å². The van der Waals surface area contributed by atoms with Crippen molar-refractivity contribution >= 4 is 23.3 Å². The molecule has 0 bridgehead atoms. The molecule has 0 radical (unpaired) electrons. The van der Waals surface area contributed by atoms with Gasteiger partial charge in [-0.1, -0.05) is 6.07 Å². The lowest BCUT2D eigenvalue weighted by atomic mass is 9.93. The summed E-state index contributed by atoms with van der Waals surface area (Å²) in [6.45, 7) is 1.70. The zero-order valence-electron chi connectivity index (χ0n) is 17.8. The number of hydrogen-bond donors (Lipinski definition) is 2. The summed E-state index contributed by atoms with van der Waals surface area (Å²) in [5.74, 6) is -1.15. The third kappa shape index (κ3) is 6.41. The number of rotatable bonds is 6. The van der Waals surface area contributed by atoms with Crippen LogP contribution in [0.5, 0.6) is 0 Å². The van der Waals surface area contributed by atoms with Gasteiger partial charge in [-0.3, -0.25) is 4.79 Å². The molecule has 3 amide bonds. The van der Waals surface area contributed by atoms with E-state index in [-0.39, 0.29) is 17.6 Å². The molecule has 166 valence electrons. The highest BCUT2D eigenvalue weighted by molar-refractivity contribution is 5.95. The van der Waals surface area contributed by atoms with Gasteiger partial charge >= 0.3 is 6.03 Å². The lowest BCUT2D eigenvalue weighted by Crippen LogP contribution is -2.41. The summed E-state index contributed by atoms with van der Waals surface area (Å²) < 4.78 is 26.5. The van der Waals surface area contributed by atoms with Gasteiger partial charge in [-0.05, 0) is 55.5 Å². The maximum absolute atomic E-state index is 13.3. The van der Waals surface area contributed by atoms with Crippen LogP contribution < -0.4 is 15.5 Å². The number of piperidine rings is 1. The summed E-state index contributed by atoms with van der Waals surface area (Å²) >= 11 is 0. The van der Waals surface area contributed by atoms with E-state index >= 15 is 0 Å². The Kier molecular flexibility index (Phi) is 7.44. The fourth-order valence-corrected chi connectivity index (χ4v) is 3.67. The van der Waals surface area contributed by atoms with Crippen molar-refractivity contribution in [1.29, 1.82) is 0 Å². The average Bonchev–Trinajstić information content (AvgIpc) is 2.73. The van der Waals surface area contributed by atoms with Crippen LogP contribution in [0.15, 0.2) is 42.5 Å². The van der Waals surface area contributed by atoms with E-state index in [4.69, 9.17) is 0 Å². The molecule has 0 aromatic heterocycles. The largest absolute Gasteiger partial charge is 0.378 e. The molecule has 8 heteroatoms. The number of amides is 3. The van der Waals surface area contributed by atoms with Gasteiger partial charge in [0.15, 0.2) is 0 Å². The molecule has 0 atom stereocenters. The van der Waals surface area contributed by atoms with E-state index in [1.807, 2.05) is 37.2 Å². The summed E-state index contributed by atoms with van der Waals surface area (Å²) in [6.07, 6.45) is 2.47. The smallest absolute Gasteiger partial charge is 0.321 e. The van der Waals surface area contributed by atoms with Crippen molar-refractivity contribution in [2.75, 3.05) is 43.9 Å². The Morgan fingerprint density at radius 3 is 2.39 bits per heavy atom. The van der Waals surface area contributed by atoms with E-state index in [0.29, 0.717) is 31.1 Å². The molecule has 2 aromatic rings. The number of urea groups is 1. The molecule has 31 heavy (non-hydrogen) atoms. The fraction of sp³-hybridized carbons (Fsp3) is 0.391. The molecule has 1 aliphatic heterocycles. The van der Waals surface area contributed by atoms with Crippen LogP contribution in [0.2, 0.25) is 0 Å². The number of nitrogens with one attached hydrogen (secondary N) is 2. The first-order valence-electron chi connectivity index (χ1n) is 10.4. The van der Waals surface area contributed by atoms with Crippen molar-refractivity contribution in [2.24, 2.45) is 5.92 Å². The van der Waals surface area contributed by atoms with E-state index in [1.165, 1.54) is 0 Å². The van der Waals surface area contributed by atoms with Crippen LogP contribution in [0.4, 0.5) is 25.0 Å². The fourth-order valence-electron chi connectivity index (χ4n) is 3.67. The highest BCUT2D eigenvalue weighted by Gasteiger charge is 2.23. The third-order valence-corrected chi connectivity index (χ3v) is 5.48. The van der Waals surface area contributed by atoms with Crippen LogP contribution in [0.3, 0.4) is 0 Å². The van der Waals surface area contributed by atoms with E-state index < -0.39 is 11.6 Å². The molecule has 6 nitrogen and oxygen atoms in total. The summed E-state index contributed by atoms with van der Waals surface area (Å²) in [6, 6.07) is 10.0. The average molecular weight is 430 g/mol. The van der Waals surface area contributed by atoms with Gasteiger partial charge in [0, 0.05) is 56.7 Å². The van der Waals surface area contributed by atoms with Crippen molar-refractivity contribution in [3.8, 4) is 0 Å². The molecule has 2 N–H and O–H groups in total. The molecule has 0 saturated carbocycles. The maximum Gasteiger partial charge on any atom is 0.321 e. The minimum atomic E-state index is -0.732. The lowest BCUT2D eigenvalue weighted by Gasteiger charge is -2.32. The van der Waals surface area contributed by atoms with E-state index in [1.54, 1.807) is 11.0 Å². The number of anilines is 2. The number of halogens is 2. The Morgan fingerprint density at radius 1 is 1.06 bits per heavy atom. The van der Waals surface area contributed by atoms with E-state index in [9.17, 15) is 18.4 Å². The molecule has 0 unspecified atom stereocenters. The minimum Gasteiger partial charge on any atom is -0.378 e. The van der Waals surface area contributed by atoms with Crippen LogP contribution >= 0.6 is 0 Å². The number of carbonyl (C=O) groups excluding carboxylic acids is 2. The van der Waals surface area contributed by atoms with Crippen LogP contribution in [0.1, 0.15) is 29.6 Å². The molecule has 2 aromatic carbocycles. The Balaban J connectivity index is 1.40. The number of carbonyl (C=O) groups is 2. The molecular formula is C23H28F2N4O2. The van der Waals surface area contributed by atoms with Crippen molar-refractivity contribution in [3.05, 3.63) is 59.7 Å². The molecular weight excluding hydrogens is 402 g/mol. The number of likely N-dealkylation sites (tertiary alicyclic amines) is 1. The monoisotopic (exact) mass is 430 g/mol. The standard InChI is InChI=1S/C23H28F2N4O2/c1-28(2)21-5-3-4-17(12-21)22(30)26-9-6-16-7-10-29(11-8-16)23(31)27-20-14-18(24)13-19(25)15-20/h3-5,12-16H,6-11H2,1-2H3,(H,26,30)(H,27,31). The van der Waals surface area contributed by atoms with E-state index in [0.717, 1.165) is 43.1 Å². The molecule has 1 saturated heterocycles. The second kappa shape index (κ2) is 10.2. The normalized spacial score (nSPS) is 14.3. The van der Waals surface area contributed by atoms with Crippen LogP contribution in [-0.4, -0.2) is 50.6 Å². The third-order valence-electron chi connectivity index (χ3n) is 5.48. The molecule has 0 aliphatic carbocycles. The number of benzene rings is 2. The van der Waals surface area contributed by atoms with E-state index in [2.05, 4.69) is 10.6 Å². The Labute approximate surface area is 181 Å². The van der Waals surface area contributed by atoms with Gasteiger partial charge in [0.05, 0.1) is 0 Å². The van der Waals surface area contributed by atoms with Gasteiger partial charge in [-0.15, -0.1) is 0 Å². The zero-order chi connectivity index (χ0) is 22.4. The van der Waals surface area contributed by atoms with Crippen molar-refractivity contribution in [2.45, 2.75) is 19.3 Å². The second-order valence-electron chi connectivity index (χ2n) is 8.01.